The van der Waals surface area contributed by atoms with Crippen LogP contribution >= 0.6 is 0 Å². The molecule has 1 aromatic carbocycles. The number of carbonyl (C=O) groups is 2. The van der Waals surface area contributed by atoms with Gasteiger partial charge in [-0.1, -0.05) is 52.7 Å². The lowest BCUT2D eigenvalue weighted by Crippen LogP contribution is -2.44. The molecule has 0 saturated carbocycles. The molecular formula is C27H41N3O2. The van der Waals surface area contributed by atoms with Gasteiger partial charge in [-0.25, -0.2) is 0 Å². The van der Waals surface area contributed by atoms with E-state index in [0.717, 1.165) is 37.8 Å². The monoisotopic (exact) mass is 439 g/mol. The van der Waals surface area contributed by atoms with Crippen molar-refractivity contribution in [1.29, 1.82) is 0 Å². The summed E-state index contributed by atoms with van der Waals surface area (Å²) in [5.74, 6) is 0.226. The molecule has 0 radical (unpaired) electrons. The SMILES string of the molecule is CCCCc1ccc(C(=O)N(CC(=O)N(CCCC)Cc2cccn2C)CC(C)C)cc1. The van der Waals surface area contributed by atoms with Gasteiger partial charge in [0.15, 0.2) is 0 Å². The van der Waals surface area contributed by atoms with E-state index in [9.17, 15) is 9.59 Å². The van der Waals surface area contributed by atoms with E-state index in [1.165, 1.54) is 5.56 Å². The van der Waals surface area contributed by atoms with E-state index in [1.54, 1.807) is 4.90 Å². The first kappa shape index (κ1) is 25.7. The van der Waals surface area contributed by atoms with Crippen molar-refractivity contribution in [2.75, 3.05) is 19.6 Å². The van der Waals surface area contributed by atoms with Crippen LogP contribution in [-0.2, 0) is 24.8 Å². The highest BCUT2D eigenvalue weighted by Gasteiger charge is 2.23. The van der Waals surface area contributed by atoms with Crippen LogP contribution in [0.3, 0.4) is 0 Å². The normalized spacial score (nSPS) is 11.1. The van der Waals surface area contributed by atoms with Crippen LogP contribution < -0.4 is 0 Å². The molecule has 0 atom stereocenters. The number of carbonyl (C=O) groups excluding carboxylic acids is 2. The molecule has 0 spiro atoms. The molecule has 32 heavy (non-hydrogen) atoms. The molecule has 5 nitrogen and oxygen atoms in total. The number of amides is 2. The Morgan fingerprint density at radius 2 is 1.66 bits per heavy atom. The average molecular weight is 440 g/mol. The van der Waals surface area contributed by atoms with Gasteiger partial charge in [-0.05, 0) is 55.0 Å². The fourth-order valence-corrected chi connectivity index (χ4v) is 3.80. The van der Waals surface area contributed by atoms with Crippen molar-refractivity contribution in [2.24, 2.45) is 13.0 Å². The molecule has 0 fully saturated rings. The summed E-state index contributed by atoms with van der Waals surface area (Å²) in [5.41, 5.74) is 3.00. The third kappa shape index (κ3) is 7.85. The Labute approximate surface area is 194 Å². The van der Waals surface area contributed by atoms with Gasteiger partial charge in [-0.2, -0.15) is 0 Å². The van der Waals surface area contributed by atoms with Crippen molar-refractivity contribution in [2.45, 2.75) is 66.3 Å². The molecule has 2 rings (SSSR count). The standard InChI is InChI=1S/C27H41N3O2/c1-6-8-11-23-13-15-24(16-14-23)27(32)30(19-22(3)4)21-26(31)29(18-9-7-2)20-25-12-10-17-28(25)5/h10,12-17,22H,6-9,11,18-21H2,1-5H3. The number of hydrogen-bond donors (Lipinski definition) is 0. The average Bonchev–Trinajstić information content (AvgIpc) is 3.18. The minimum Gasteiger partial charge on any atom is -0.353 e. The lowest BCUT2D eigenvalue weighted by Gasteiger charge is -2.29. The zero-order valence-electron chi connectivity index (χ0n) is 20.6. The second kappa shape index (κ2) is 13.1. The number of aryl methyl sites for hydroxylation is 2. The lowest BCUT2D eigenvalue weighted by atomic mass is 10.1. The van der Waals surface area contributed by atoms with Crippen molar-refractivity contribution in [3.8, 4) is 0 Å². The van der Waals surface area contributed by atoms with Crippen LogP contribution in [0.5, 0.6) is 0 Å². The van der Waals surface area contributed by atoms with E-state index in [-0.39, 0.29) is 24.3 Å². The molecule has 0 unspecified atom stereocenters. The first-order valence-electron chi connectivity index (χ1n) is 12.1. The summed E-state index contributed by atoms with van der Waals surface area (Å²) in [6.07, 6.45) is 7.31. The molecule has 0 saturated heterocycles. The van der Waals surface area contributed by atoms with Crippen molar-refractivity contribution in [3.05, 3.63) is 59.4 Å². The summed E-state index contributed by atoms with van der Waals surface area (Å²) >= 11 is 0. The molecule has 1 aromatic heterocycles. The second-order valence-electron chi connectivity index (χ2n) is 9.16. The molecule has 1 heterocycles. The lowest BCUT2D eigenvalue weighted by molar-refractivity contribution is -0.132. The highest BCUT2D eigenvalue weighted by Crippen LogP contribution is 2.14. The van der Waals surface area contributed by atoms with Crippen LogP contribution in [-0.4, -0.2) is 45.8 Å². The molecular weight excluding hydrogens is 398 g/mol. The first-order valence-corrected chi connectivity index (χ1v) is 12.1. The smallest absolute Gasteiger partial charge is 0.254 e. The van der Waals surface area contributed by atoms with Gasteiger partial charge >= 0.3 is 0 Å². The fourth-order valence-electron chi connectivity index (χ4n) is 3.80. The van der Waals surface area contributed by atoms with E-state index in [1.807, 2.05) is 59.1 Å². The molecule has 0 aliphatic rings. The topological polar surface area (TPSA) is 45.6 Å². The Hall–Kier alpha value is -2.56. The van der Waals surface area contributed by atoms with Gasteiger partial charge in [0.25, 0.3) is 5.91 Å². The van der Waals surface area contributed by atoms with Gasteiger partial charge in [-0.3, -0.25) is 9.59 Å². The molecule has 0 bridgehead atoms. The van der Waals surface area contributed by atoms with Crippen LogP contribution in [0.1, 0.15) is 75.0 Å². The molecule has 2 amide bonds. The Bertz CT molecular complexity index is 839. The first-order chi connectivity index (χ1) is 15.3. The number of hydrogen-bond acceptors (Lipinski definition) is 2. The van der Waals surface area contributed by atoms with Crippen molar-refractivity contribution < 1.29 is 9.59 Å². The number of rotatable bonds is 13. The van der Waals surface area contributed by atoms with Gasteiger partial charge in [0, 0.05) is 37.6 Å². The van der Waals surface area contributed by atoms with Crippen molar-refractivity contribution >= 4 is 11.8 Å². The zero-order chi connectivity index (χ0) is 23.5. The van der Waals surface area contributed by atoms with E-state index in [0.29, 0.717) is 25.2 Å². The molecule has 2 aromatic rings. The van der Waals surface area contributed by atoms with Gasteiger partial charge in [0.2, 0.25) is 5.91 Å². The largest absolute Gasteiger partial charge is 0.353 e. The molecule has 0 N–H and O–H groups in total. The maximum atomic E-state index is 13.3. The minimum atomic E-state index is -0.0663. The van der Waals surface area contributed by atoms with E-state index < -0.39 is 0 Å². The number of unbranched alkanes of at least 4 members (excludes halogenated alkanes) is 2. The van der Waals surface area contributed by atoms with E-state index in [4.69, 9.17) is 0 Å². The summed E-state index contributed by atoms with van der Waals surface area (Å²) < 4.78 is 2.04. The zero-order valence-corrected chi connectivity index (χ0v) is 20.6. The molecule has 5 heteroatoms. The fraction of sp³-hybridized carbons (Fsp3) is 0.556. The van der Waals surface area contributed by atoms with Crippen molar-refractivity contribution in [3.63, 3.8) is 0 Å². The van der Waals surface area contributed by atoms with Crippen LogP contribution in [0.4, 0.5) is 0 Å². The van der Waals surface area contributed by atoms with Gasteiger partial charge in [0.1, 0.15) is 6.54 Å². The third-order valence-electron chi connectivity index (χ3n) is 5.76. The number of aromatic nitrogens is 1. The van der Waals surface area contributed by atoms with Gasteiger partial charge in [0.05, 0.1) is 6.54 Å². The Kier molecular flexibility index (Phi) is 10.5. The van der Waals surface area contributed by atoms with Crippen molar-refractivity contribution in [1.82, 2.24) is 14.4 Å². The number of benzene rings is 1. The molecule has 0 aliphatic heterocycles. The Balaban J connectivity index is 2.14. The predicted molar refractivity (Wildman–Crippen MR) is 132 cm³/mol. The van der Waals surface area contributed by atoms with E-state index >= 15 is 0 Å². The highest BCUT2D eigenvalue weighted by atomic mass is 16.2. The highest BCUT2D eigenvalue weighted by molar-refractivity contribution is 5.96. The third-order valence-corrected chi connectivity index (χ3v) is 5.76. The minimum absolute atomic E-state index is 0.00761. The Morgan fingerprint density at radius 3 is 2.22 bits per heavy atom. The maximum Gasteiger partial charge on any atom is 0.254 e. The maximum absolute atomic E-state index is 13.3. The van der Waals surface area contributed by atoms with Crippen LogP contribution in [0.2, 0.25) is 0 Å². The van der Waals surface area contributed by atoms with Gasteiger partial charge < -0.3 is 14.4 Å². The van der Waals surface area contributed by atoms with E-state index in [2.05, 4.69) is 27.7 Å². The number of nitrogens with zero attached hydrogens (tertiary/aromatic N) is 3. The summed E-state index contributed by atoms with van der Waals surface area (Å²) in [5, 5.41) is 0. The summed E-state index contributed by atoms with van der Waals surface area (Å²) in [6, 6.07) is 11.9. The van der Waals surface area contributed by atoms with Crippen LogP contribution in [0.25, 0.3) is 0 Å². The summed E-state index contributed by atoms with van der Waals surface area (Å²) in [6.45, 7) is 10.4. The van der Waals surface area contributed by atoms with Crippen LogP contribution in [0, 0.1) is 5.92 Å². The van der Waals surface area contributed by atoms with Gasteiger partial charge in [-0.15, -0.1) is 0 Å². The predicted octanol–water partition coefficient (Wildman–Crippen LogP) is 5.29. The summed E-state index contributed by atoms with van der Waals surface area (Å²) in [7, 11) is 2.00. The molecule has 176 valence electrons. The molecule has 0 aliphatic carbocycles. The quantitative estimate of drug-likeness (QED) is 0.425. The summed E-state index contributed by atoms with van der Waals surface area (Å²) in [4.78, 5) is 30.2. The second-order valence-corrected chi connectivity index (χ2v) is 9.16. The Morgan fingerprint density at radius 1 is 0.969 bits per heavy atom. The van der Waals surface area contributed by atoms with Crippen LogP contribution in [0.15, 0.2) is 42.6 Å².